The molecule has 1 aromatic rings. The van der Waals surface area contributed by atoms with Crippen molar-refractivity contribution in [2.75, 3.05) is 6.54 Å². The molecule has 4 N–H and O–H groups in total. The van der Waals surface area contributed by atoms with Gasteiger partial charge in [-0.3, -0.25) is 9.89 Å². The first-order valence-electron chi connectivity index (χ1n) is 6.34. The molecule has 0 radical (unpaired) electrons. The fraction of sp³-hybridized carbons (Fsp3) is 0.583. The van der Waals surface area contributed by atoms with Gasteiger partial charge >= 0.3 is 12.0 Å². The summed E-state index contributed by atoms with van der Waals surface area (Å²) in [6.45, 7) is 2.42. The molecule has 0 aromatic carbocycles. The highest BCUT2D eigenvalue weighted by Crippen LogP contribution is 2.08. The molecule has 1 aromatic heterocycles. The lowest BCUT2D eigenvalue weighted by Crippen LogP contribution is -2.37. The smallest absolute Gasteiger partial charge is 0.315 e. The van der Waals surface area contributed by atoms with Gasteiger partial charge in [-0.2, -0.15) is 5.10 Å². The van der Waals surface area contributed by atoms with Crippen LogP contribution in [0.2, 0.25) is 0 Å². The number of carboxylic acids is 1. The molecule has 0 saturated carbocycles. The molecule has 1 atom stereocenters. The number of rotatable bonds is 8. The van der Waals surface area contributed by atoms with Crippen molar-refractivity contribution in [1.82, 2.24) is 20.8 Å². The van der Waals surface area contributed by atoms with Crippen LogP contribution in [0.1, 0.15) is 44.2 Å². The summed E-state index contributed by atoms with van der Waals surface area (Å²) in [5.74, 6) is -0.778. The molecular weight excluding hydrogens is 248 g/mol. The Bertz CT molecular complexity index is 392. The van der Waals surface area contributed by atoms with Crippen LogP contribution >= 0.6 is 0 Å². The summed E-state index contributed by atoms with van der Waals surface area (Å²) in [5, 5.41) is 20.5. The van der Waals surface area contributed by atoms with E-state index in [-0.39, 0.29) is 18.5 Å². The molecule has 0 aliphatic carbocycles. The van der Waals surface area contributed by atoms with E-state index in [4.69, 9.17) is 5.11 Å². The summed E-state index contributed by atoms with van der Waals surface area (Å²) in [4.78, 5) is 21.8. The normalized spacial score (nSPS) is 11.8. The van der Waals surface area contributed by atoms with Crippen LogP contribution in [0, 0.1) is 0 Å². The van der Waals surface area contributed by atoms with Crippen molar-refractivity contribution in [3.05, 3.63) is 18.0 Å². The summed E-state index contributed by atoms with van der Waals surface area (Å²) >= 11 is 0. The van der Waals surface area contributed by atoms with Gasteiger partial charge in [-0.1, -0.05) is 6.42 Å². The van der Waals surface area contributed by atoms with Crippen molar-refractivity contribution < 1.29 is 14.7 Å². The summed E-state index contributed by atoms with van der Waals surface area (Å²) in [6, 6.07) is -0.335. The third-order valence-corrected chi connectivity index (χ3v) is 2.72. The maximum Gasteiger partial charge on any atom is 0.315 e. The predicted molar refractivity (Wildman–Crippen MR) is 69.6 cm³/mol. The number of aliphatic carboxylic acids is 1. The van der Waals surface area contributed by atoms with Crippen molar-refractivity contribution in [3.8, 4) is 0 Å². The van der Waals surface area contributed by atoms with Crippen LogP contribution in [0.15, 0.2) is 12.4 Å². The number of carbonyl (C=O) groups excluding carboxylic acids is 1. The average molecular weight is 268 g/mol. The van der Waals surface area contributed by atoms with E-state index in [0.29, 0.717) is 13.0 Å². The summed E-state index contributed by atoms with van der Waals surface area (Å²) in [7, 11) is 0. The molecule has 0 spiro atoms. The summed E-state index contributed by atoms with van der Waals surface area (Å²) < 4.78 is 0. The number of nitrogens with one attached hydrogen (secondary N) is 3. The zero-order chi connectivity index (χ0) is 14.1. The number of aromatic nitrogens is 2. The Kier molecular flexibility index (Phi) is 6.42. The highest BCUT2D eigenvalue weighted by Gasteiger charge is 2.09. The van der Waals surface area contributed by atoms with Gasteiger partial charge in [0.15, 0.2) is 0 Å². The lowest BCUT2D eigenvalue weighted by Gasteiger charge is -2.12. The second-order valence-corrected chi connectivity index (χ2v) is 4.36. The first-order valence-corrected chi connectivity index (χ1v) is 6.34. The van der Waals surface area contributed by atoms with Gasteiger partial charge in [-0.05, 0) is 19.8 Å². The van der Waals surface area contributed by atoms with Crippen molar-refractivity contribution in [3.63, 3.8) is 0 Å². The molecule has 7 heteroatoms. The van der Waals surface area contributed by atoms with Crippen LogP contribution in [-0.4, -0.2) is 33.8 Å². The molecule has 106 valence electrons. The van der Waals surface area contributed by atoms with Crippen molar-refractivity contribution in [2.24, 2.45) is 0 Å². The second-order valence-electron chi connectivity index (χ2n) is 4.36. The number of urea groups is 1. The minimum atomic E-state index is -0.778. The molecule has 0 aliphatic rings. The number of unbranched alkanes of at least 4 members (excludes halogenated alkanes) is 2. The highest BCUT2D eigenvalue weighted by molar-refractivity contribution is 5.74. The fourth-order valence-electron chi connectivity index (χ4n) is 1.61. The highest BCUT2D eigenvalue weighted by atomic mass is 16.4. The number of amides is 2. The first-order chi connectivity index (χ1) is 9.09. The quantitative estimate of drug-likeness (QED) is 0.535. The van der Waals surface area contributed by atoms with Crippen LogP contribution < -0.4 is 10.6 Å². The van der Waals surface area contributed by atoms with E-state index < -0.39 is 5.97 Å². The SMILES string of the molecule is CC(NC(=O)NCCCCCC(=O)O)c1cn[nH]c1. The molecule has 1 unspecified atom stereocenters. The number of aromatic amines is 1. The Morgan fingerprint density at radius 3 is 2.84 bits per heavy atom. The molecule has 0 bridgehead atoms. The Labute approximate surface area is 111 Å². The molecule has 2 amide bonds. The fourth-order valence-corrected chi connectivity index (χ4v) is 1.61. The third kappa shape index (κ3) is 6.44. The van der Waals surface area contributed by atoms with E-state index in [2.05, 4.69) is 20.8 Å². The van der Waals surface area contributed by atoms with E-state index in [9.17, 15) is 9.59 Å². The van der Waals surface area contributed by atoms with Crippen LogP contribution in [0.3, 0.4) is 0 Å². The summed E-state index contributed by atoms with van der Waals surface area (Å²) in [5.41, 5.74) is 0.914. The number of hydrogen-bond donors (Lipinski definition) is 4. The predicted octanol–water partition coefficient (Wildman–Crippen LogP) is 1.41. The van der Waals surface area contributed by atoms with Gasteiger partial charge < -0.3 is 15.7 Å². The Hall–Kier alpha value is -2.05. The van der Waals surface area contributed by atoms with Crippen LogP contribution in [-0.2, 0) is 4.79 Å². The lowest BCUT2D eigenvalue weighted by atomic mass is 10.2. The van der Waals surface area contributed by atoms with Crippen LogP contribution in [0.25, 0.3) is 0 Å². The van der Waals surface area contributed by atoms with Crippen molar-refractivity contribution >= 4 is 12.0 Å². The minimum Gasteiger partial charge on any atom is -0.481 e. The second kappa shape index (κ2) is 8.12. The summed E-state index contributed by atoms with van der Waals surface area (Å²) in [6.07, 6.45) is 5.80. The molecule has 19 heavy (non-hydrogen) atoms. The number of nitrogens with zero attached hydrogens (tertiary/aromatic N) is 1. The monoisotopic (exact) mass is 268 g/mol. The minimum absolute atomic E-state index is 0.106. The Morgan fingerprint density at radius 2 is 2.21 bits per heavy atom. The third-order valence-electron chi connectivity index (χ3n) is 2.72. The maximum atomic E-state index is 11.5. The van der Waals surface area contributed by atoms with Gasteiger partial charge in [0.25, 0.3) is 0 Å². The van der Waals surface area contributed by atoms with Gasteiger partial charge in [0.05, 0.1) is 12.2 Å². The van der Waals surface area contributed by atoms with Gasteiger partial charge in [-0.15, -0.1) is 0 Å². The molecule has 0 fully saturated rings. The molecule has 7 nitrogen and oxygen atoms in total. The van der Waals surface area contributed by atoms with Crippen LogP contribution in [0.4, 0.5) is 4.79 Å². The lowest BCUT2D eigenvalue weighted by molar-refractivity contribution is -0.137. The number of carbonyl (C=O) groups is 2. The molecule has 1 rings (SSSR count). The van der Waals surface area contributed by atoms with Gasteiger partial charge in [0.2, 0.25) is 0 Å². The van der Waals surface area contributed by atoms with Gasteiger partial charge in [0, 0.05) is 24.7 Å². The van der Waals surface area contributed by atoms with E-state index >= 15 is 0 Å². The molecule has 0 aliphatic heterocycles. The number of hydrogen-bond acceptors (Lipinski definition) is 3. The van der Waals surface area contributed by atoms with Gasteiger partial charge in [-0.25, -0.2) is 4.79 Å². The average Bonchev–Trinajstić information content (AvgIpc) is 2.87. The topological polar surface area (TPSA) is 107 Å². The molecule has 1 heterocycles. The number of carboxylic acid groups (broad SMARTS) is 1. The molecular formula is C12H20N4O3. The van der Waals surface area contributed by atoms with E-state index in [1.807, 2.05) is 6.92 Å². The largest absolute Gasteiger partial charge is 0.481 e. The standard InChI is InChI=1S/C12H20N4O3/c1-9(10-7-14-15-8-10)16-12(19)13-6-4-2-3-5-11(17)18/h7-9H,2-6H2,1H3,(H,14,15)(H,17,18)(H2,13,16,19). The van der Waals surface area contributed by atoms with E-state index in [1.54, 1.807) is 12.4 Å². The zero-order valence-corrected chi connectivity index (χ0v) is 11.0. The number of H-pyrrole nitrogens is 1. The van der Waals surface area contributed by atoms with Gasteiger partial charge in [0.1, 0.15) is 0 Å². The van der Waals surface area contributed by atoms with Crippen molar-refractivity contribution in [2.45, 2.75) is 38.6 Å². The van der Waals surface area contributed by atoms with Crippen molar-refractivity contribution in [1.29, 1.82) is 0 Å². The van der Waals surface area contributed by atoms with E-state index in [1.165, 1.54) is 0 Å². The maximum absolute atomic E-state index is 11.5. The Balaban J connectivity index is 2.06. The Morgan fingerprint density at radius 1 is 1.42 bits per heavy atom. The van der Waals surface area contributed by atoms with Crippen LogP contribution in [0.5, 0.6) is 0 Å². The van der Waals surface area contributed by atoms with E-state index in [0.717, 1.165) is 18.4 Å². The zero-order valence-electron chi connectivity index (χ0n) is 11.0. The first kappa shape index (κ1) is 15.0. The molecule has 0 saturated heterocycles.